The summed E-state index contributed by atoms with van der Waals surface area (Å²) in [5, 5.41) is 7.44. The lowest BCUT2D eigenvalue weighted by Crippen LogP contribution is -2.26. The molecule has 1 aromatic heterocycles. The van der Waals surface area contributed by atoms with Crippen molar-refractivity contribution in [2.75, 3.05) is 27.6 Å². The number of fused-ring (bicyclic) bond motifs is 2. The van der Waals surface area contributed by atoms with Gasteiger partial charge in [-0.2, -0.15) is 5.10 Å². The van der Waals surface area contributed by atoms with Crippen molar-refractivity contribution in [1.82, 2.24) is 15.1 Å². The Hall–Kier alpha value is -3.72. The number of amides is 1. The maximum Gasteiger partial charge on any atom is 0.271 e. The predicted octanol–water partition coefficient (Wildman–Crippen LogP) is 2.87. The second-order valence-corrected chi connectivity index (χ2v) is 7.81. The molecule has 33 heavy (non-hydrogen) atoms. The van der Waals surface area contributed by atoms with Gasteiger partial charge in [0.15, 0.2) is 28.7 Å². The number of carbonyl (C=O) groups excluding carboxylic acids is 1. The molecular weight excluding hydrogens is 426 g/mol. The van der Waals surface area contributed by atoms with E-state index in [0.29, 0.717) is 43.3 Å². The summed E-state index contributed by atoms with van der Waals surface area (Å²) in [6.45, 7) is 1.61. The van der Waals surface area contributed by atoms with E-state index < -0.39 is 0 Å². The largest absolute Gasteiger partial charge is 0.493 e. The highest BCUT2D eigenvalue weighted by Gasteiger charge is 2.25. The van der Waals surface area contributed by atoms with Crippen LogP contribution >= 0.6 is 0 Å². The van der Waals surface area contributed by atoms with Gasteiger partial charge in [0.2, 0.25) is 6.79 Å². The van der Waals surface area contributed by atoms with Gasteiger partial charge in [-0.3, -0.25) is 9.48 Å². The van der Waals surface area contributed by atoms with Crippen molar-refractivity contribution in [3.05, 3.63) is 65.0 Å². The lowest BCUT2D eigenvalue weighted by molar-refractivity contribution is -0.00128. The van der Waals surface area contributed by atoms with Gasteiger partial charge in [-0.15, -0.1) is 0 Å². The summed E-state index contributed by atoms with van der Waals surface area (Å²) in [6.07, 6.45) is 0.488. The van der Waals surface area contributed by atoms with E-state index in [9.17, 15) is 4.79 Å². The fraction of sp³-hybridized carbons (Fsp3) is 0.333. The standard InChI is InChI=1S/C24H25N3O6/c1-29-19-5-3-15(9-21(19)30-2)7-8-25-24(28)18-11-17-13-31-23(12-27(17)26-18)16-4-6-20-22(10-16)33-14-32-20/h3-6,9-11,23H,7-8,12-14H2,1-2H3,(H,25,28). The first-order valence-corrected chi connectivity index (χ1v) is 10.7. The Morgan fingerprint density at radius 2 is 1.94 bits per heavy atom. The van der Waals surface area contributed by atoms with Crippen LogP contribution in [-0.2, 0) is 24.3 Å². The van der Waals surface area contributed by atoms with Gasteiger partial charge >= 0.3 is 0 Å². The monoisotopic (exact) mass is 451 g/mol. The Morgan fingerprint density at radius 3 is 2.79 bits per heavy atom. The first-order valence-electron chi connectivity index (χ1n) is 10.7. The van der Waals surface area contributed by atoms with E-state index in [1.807, 2.05) is 41.1 Å². The Labute approximate surface area is 191 Å². The summed E-state index contributed by atoms with van der Waals surface area (Å²) < 4.78 is 29.3. The molecule has 1 unspecified atom stereocenters. The number of ether oxygens (including phenoxy) is 5. The smallest absolute Gasteiger partial charge is 0.271 e. The van der Waals surface area contributed by atoms with Crippen molar-refractivity contribution in [3.63, 3.8) is 0 Å². The van der Waals surface area contributed by atoms with Gasteiger partial charge in [0.1, 0.15) is 6.10 Å². The molecule has 0 bridgehead atoms. The average Bonchev–Trinajstić information content (AvgIpc) is 3.49. The number of hydrogen-bond donors (Lipinski definition) is 1. The summed E-state index contributed by atoms with van der Waals surface area (Å²) in [7, 11) is 3.20. The summed E-state index contributed by atoms with van der Waals surface area (Å²) in [6, 6.07) is 13.3. The maximum atomic E-state index is 12.7. The average molecular weight is 451 g/mol. The molecule has 1 amide bonds. The zero-order chi connectivity index (χ0) is 22.8. The molecule has 0 saturated carbocycles. The zero-order valence-electron chi connectivity index (χ0n) is 18.5. The molecule has 0 fully saturated rings. The number of nitrogens with one attached hydrogen (secondary N) is 1. The molecule has 2 aliphatic rings. The SMILES string of the molecule is COc1ccc(CCNC(=O)c2cc3n(n2)CC(c2ccc4c(c2)OCO4)OC3)cc1OC. The van der Waals surface area contributed by atoms with Gasteiger partial charge in [0.05, 0.1) is 33.1 Å². The normalized spacial score (nSPS) is 16.2. The Bertz CT molecular complexity index is 1180. The quantitative estimate of drug-likeness (QED) is 0.590. The van der Waals surface area contributed by atoms with E-state index in [0.717, 1.165) is 28.3 Å². The third-order valence-electron chi connectivity index (χ3n) is 5.78. The number of nitrogens with zero attached hydrogens (tertiary/aromatic N) is 2. The molecule has 3 aromatic rings. The molecule has 1 atom stereocenters. The second-order valence-electron chi connectivity index (χ2n) is 7.81. The van der Waals surface area contributed by atoms with Gasteiger partial charge < -0.3 is 29.0 Å². The van der Waals surface area contributed by atoms with Crippen molar-refractivity contribution < 1.29 is 28.5 Å². The van der Waals surface area contributed by atoms with E-state index in [2.05, 4.69) is 10.4 Å². The molecule has 9 heteroatoms. The maximum absolute atomic E-state index is 12.7. The van der Waals surface area contributed by atoms with Crippen molar-refractivity contribution in [2.45, 2.75) is 25.7 Å². The van der Waals surface area contributed by atoms with Crippen molar-refractivity contribution in [3.8, 4) is 23.0 Å². The summed E-state index contributed by atoms with van der Waals surface area (Å²) in [4.78, 5) is 12.7. The highest BCUT2D eigenvalue weighted by molar-refractivity contribution is 5.92. The lowest BCUT2D eigenvalue weighted by atomic mass is 10.1. The molecule has 9 nitrogen and oxygen atoms in total. The van der Waals surface area contributed by atoms with Crippen LogP contribution in [0.15, 0.2) is 42.5 Å². The summed E-state index contributed by atoms with van der Waals surface area (Å²) in [5.74, 6) is 2.59. The van der Waals surface area contributed by atoms with Crippen LogP contribution in [0, 0.1) is 0 Å². The zero-order valence-corrected chi connectivity index (χ0v) is 18.5. The molecule has 172 valence electrons. The second kappa shape index (κ2) is 9.03. The molecule has 0 saturated heterocycles. The van der Waals surface area contributed by atoms with Crippen molar-refractivity contribution >= 4 is 5.91 Å². The number of methoxy groups -OCH3 is 2. The minimum absolute atomic E-state index is 0.173. The van der Waals surface area contributed by atoms with E-state index >= 15 is 0 Å². The fourth-order valence-electron chi connectivity index (χ4n) is 4.00. The molecular formula is C24H25N3O6. The molecule has 0 aliphatic carbocycles. The number of hydrogen-bond acceptors (Lipinski definition) is 7. The van der Waals surface area contributed by atoms with Crippen LogP contribution in [-0.4, -0.2) is 43.2 Å². The van der Waals surface area contributed by atoms with E-state index in [-0.39, 0.29) is 18.8 Å². The van der Waals surface area contributed by atoms with Crippen LogP contribution < -0.4 is 24.3 Å². The van der Waals surface area contributed by atoms with Crippen LogP contribution in [0.2, 0.25) is 0 Å². The highest BCUT2D eigenvalue weighted by Crippen LogP contribution is 2.36. The minimum Gasteiger partial charge on any atom is -0.493 e. The Balaban J connectivity index is 1.19. The topological polar surface area (TPSA) is 93.1 Å². The van der Waals surface area contributed by atoms with Crippen LogP contribution in [0.4, 0.5) is 0 Å². The van der Waals surface area contributed by atoms with Crippen LogP contribution in [0.3, 0.4) is 0 Å². The summed E-state index contributed by atoms with van der Waals surface area (Å²) in [5.41, 5.74) is 3.28. The van der Waals surface area contributed by atoms with Gasteiger partial charge in [-0.25, -0.2) is 0 Å². The number of carbonyl (C=O) groups is 1. The van der Waals surface area contributed by atoms with E-state index in [1.54, 1.807) is 20.3 Å². The van der Waals surface area contributed by atoms with Gasteiger partial charge in [-0.05, 0) is 47.9 Å². The minimum atomic E-state index is -0.211. The number of aromatic nitrogens is 2. The van der Waals surface area contributed by atoms with E-state index in [1.165, 1.54) is 0 Å². The molecule has 0 spiro atoms. The molecule has 2 aliphatic heterocycles. The lowest BCUT2D eigenvalue weighted by Gasteiger charge is -2.24. The first kappa shape index (κ1) is 21.1. The third-order valence-corrected chi connectivity index (χ3v) is 5.78. The predicted molar refractivity (Wildman–Crippen MR) is 118 cm³/mol. The van der Waals surface area contributed by atoms with Crippen molar-refractivity contribution in [1.29, 1.82) is 0 Å². The van der Waals surface area contributed by atoms with Crippen LogP contribution in [0.5, 0.6) is 23.0 Å². The first-order chi connectivity index (χ1) is 16.1. The van der Waals surface area contributed by atoms with Gasteiger partial charge in [0, 0.05) is 6.54 Å². The summed E-state index contributed by atoms with van der Waals surface area (Å²) >= 11 is 0. The van der Waals surface area contributed by atoms with Crippen LogP contribution in [0.1, 0.15) is 33.4 Å². The third kappa shape index (κ3) is 4.31. The molecule has 0 radical (unpaired) electrons. The highest BCUT2D eigenvalue weighted by atomic mass is 16.7. The number of benzene rings is 2. The Morgan fingerprint density at radius 1 is 1.09 bits per heavy atom. The fourth-order valence-corrected chi connectivity index (χ4v) is 4.00. The Kier molecular flexibility index (Phi) is 5.78. The van der Waals surface area contributed by atoms with E-state index in [4.69, 9.17) is 23.7 Å². The molecule has 1 N–H and O–H groups in total. The number of rotatable bonds is 7. The molecule has 5 rings (SSSR count). The van der Waals surface area contributed by atoms with Crippen LogP contribution in [0.25, 0.3) is 0 Å². The van der Waals surface area contributed by atoms with Gasteiger partial charge in [-0.1, -0.05) is 12.1 Å². The molecule has 2 aromatic carbocycles. The molecule has 3 heterocycles. The van der Waals surface area contributed by atoms with Crippen molar-refractivity contribution in [2.24, 2.45) is 0 Å². The van der Waals surface area contributed by atoms with Gasteiger partial charge in [0.25, 0.3) is 5.91 Å².